The Morgan fingerprint density at radius 2 is 2.04 bits per heavy atom. The van der Waals surface area contributed by atoms with Crippen LogP contribution in [-0.4, -0.2) is 45.7 Å². The fraction of sp³-hybridized carbons (Fsp3) is 0.737. The molecule has 1 aliphatic carbocycles. The number of carbonyl (C=O) groups is 1. The highest BCUT2D eigenvalue weighted by molar-refractivity contribution is 6.28. The summed E-state index contributed by atoms with van der Waals surface area (Å²) in [6.45, 7) is 7.27. The smallest absolute Gasteiger partial charge is 0.410 e. The van der Waals surface area contributed by atoms with Crippen LogP contribution >= 0.6 is 11.6 Å². The van der Waals surface area contributed by atoms with E-state index < -0.39 is 5.60 Å². The average molecular weight is 381 g/mol. The minimum absolute atomic E-state index is 0.191. The van der Waals surface area contributed by atoms with E-state index in [1.807, 2.05) is 31.7 Å². The number of carbonyl (C=O) groups excluding carboxylic acids is 1. The van der Waals surface area contributed by atoms with Gasteiger partial charge in [0.2, 0.25) is 5.28 Å². The van der Waals surface area contributed by atoms with Gasteiger partial charge in [-0.1, -0.05) is 0 Å². The van der Waals surface area contributed by atoms with E-state index in [0.717, 1.165) is 38.2 Å². The molecule has 2 fully saturated rings. The minimum atomic E-state index is -0.437. The maximum absolute atomic E-state index is 12.2. The molecule has 144 valence electrons. The summed E-state index contributed by atoms with van der Waals surface area (Å²) in [7, 11) is 0. The average Bonchev–Trinajstić information content (AvgIpc) is 3.38. The van der Waals surface area contributed by atoms with Gasteiger partial charge in [0, 0.05) is 25.3 Å². The van der Waals surface area contributed by atoms with Crippen LogP contribution in [0.1, 0.15) is 52.9 Å². The van der Waals surface area contributed by atoms with Crippen molar-refractivity contribution in [1.29, 1.82) is 0 Å². The summed E-state index contributed by atoms with van der Waals surface area (Å²) in [5.74, 6) is 2.13. The van der Waals surface area contributed by atoms with Gasteiger partial charge in [-0.05, 0) is 82.4 Å². The van der Waals surface area contributed by atoms with Crippen molar-refractivity contribution in [2.75, 3.05) is 18.4 Å². The number of piperidine rings is 1. The molecule has 6 nitrogen and oxygen atoms in total. The third-order valence-electron chi connectivity index (χ3n) is 5.00. The van der Waals surface area contributed by atoms with Crippen molar-refractivity contribution in [3.8, 4) is 0 Å². The summed E-state index contributed by atoms with van der Waals surface area (Å²) in [6.07, 6.45) is 7.18. The molecule has 1 atom stereocenters. The molecule has 1 saturated carbocycles. The molecule has 0 spiro atoms. The van der Waals surface area contributed by atoms with Crippen LogP contribution in [0.4, 0.5) is 10.6 Å². The summed E-state index contributed by atoms with van der Waals surface area (Å²) < 4.78 is 5.48. The normalized spacial score (nSPS) is 19.9. The van der Waals surface area contributed by atoms with Gasteiger partial charge in [0.1, 0.15) is 11.4 Å². The molecule has 3 rings (SSSR count). The van der Waals surface area contributed by atoms with Gasteiger partial charge in [0.25, 0.3) is 0 Å². The molecule has 1 aliphatic heterocycles. The Bertz CT molecular complexity index is 622. The third-order valence-corrected chi connectivity index (χ3v) is 5.19. The van der Waals surface area contributed by atoms with Crippen molar-refractivity contribution in [3.05, 3.63) is 17.5 Å². The Balaban J connectivity index is 1.50. The number of anilines is 1. The molecule has 1 aromatic heterocycles. The van der Waals surface area contributed by atoms with E-state index in [4.69, 9.17) is 16.3 Å². The Morgan fingerprint density at radius 1 is 1.35 bits per heavy atom. The van der Waals surface area contributed by atoms with Crippen LogP contribution in [0.3, 0.4) is 0 Å². The molecule has 1 aromatic rings. The van der Waals surface area contributed by atoms with Gasteiger partial charge < -0.3 is 15.0 Å². The van der Waals surface area contributed by atoms with E-state index in [9.17, 15) is 4.79 Å². The second kappa shape index (κ2) is 7.99. The molecule has 1 unspecified atom stereocenters. The van der Waals surface area contributed by atoms with Gasteiger partial charge in [0.05, 0.1) is 0 Å². The summed E-state index contributed by atoms with van der Waals surface area (Å²) in [5, 5.41) is 3.83. The van der Waals surface area contributed by atoms with Crippen LogP contribution in [0.15, 0.2) is 12.3 Å². The Hall–Kier alpha value is -1.56. The number of nitrogens with zero attached hydrogens (tertiary/aromatic N) is 3. The summed E-state index contributed by atoms with van der Waals surface area (Å²) in [4.78, 5) is 22.2. The predicted octanol–water partition coefficient (Wildman–Crippen LogP) is 4.36. The first kappa shape index (κ1) is 19.2. The molecule has 0 radical (unpaired) electrons. The number of likely N-dealkylation sites (tertiary alicyclic amines) is 1. The number of hydrogen-bond donors (Lipinski definition) is 1. The summed E-state index contributed by atoms with van der Waals surface area (Å²) in [6, 6.07) is 2.28. The summed E-state index contributed by atoms with van der Waals surface area (Å²) in [5.41, 5.74) is -0.437. The highest BCUT2D eigenvalue weighted by atomic mass is 35.5. The quantitative estimate of drug-likeness (QED) is 0.769. The molecular weight excluding hydrogens is 352 g/mol. The van der Waals surface area contributed by atoms with Crippen LogP contribution in [0.2, 0.25) is 5.28 Å². The highest BCUT2D eigenvalue weighted by Crippen LogP contribution is 2.38. The van der Waals surface area contributed by atoms with E-state index in [-0.39, 0.29) is 11.4 Å². The Morgan fingerprint density at radius 3 is 2.62 bits per heavy atom. The molecular formula is C19H29ClN4O2. The third kappa shape index (κ3) is 5.73. The number of aromatic nitrogens is 2. The van der Waals surface area contributed by atoms with Crippen LogP contribution in [0.25, 0.3) is 0 Å². The largest absolute Gasteiger partial charge is 0.444 e. The molecule has 7 heteroatoms. The van der Waals surface area contributed by atoms with E-state index in [1.54, 1.807) is 6.20 Å². The van der Waals surface area contributed by atoms with Crippen molar-refractivity contribution < 1.29 is 9.53 Å². The topological polar surface area (TPSA) is 67.3 Å². The zero-order chi connectivity index (χ0) is 18.7. The lowest BCUT2D eigenvalue weighted by Gasteiger charge is -2.35. The standard InChI is InChI=1S/C19H29ClN4O2/c1-19(2,3)26-18(25)24-10-7-13(8-11-24)12-15(14-4-5-14)22-16-6-9-21-17(20)23-16/h6,9,13-15H,4-5,7-8,10-12H2,1-3H3,(H,21,22,23). The Labute approximate surface area is 160 Å². The number of amides is 1. The zero-order valence-electron chi connectivity index (χ0n) is 15.9. The monoisotopic (exact) mass is 380 g/mol. The van der Waals surface area contributed by atoms with Crippen LogP contribution in [0.5, 0.6) is 0 Å². The molecule has 2 aliphatic rings. The fourth-order valence-corrected chi connectivity index (χ4v) is 3.66. The van der Waals surface area contributed by atoms with E-state index in [2.05, 4.69) is 15.3 Å². The number of halogens is 1. The lowest BCUT2D eigenvalue weighted by molar-refractivity contribution is 0.0179. The first-order valence-corrected chi connectivity index (χ1v) is 9.91. The van der Waals surface area contributed by atoms with Gasteiger partial charge in [-0.2, -0.15) is 0 Å². The minimum Gasteiger partial charge on any atom is -0.444 e. The lowest BCUT2D eigenvalue weighted by atomic mass is 9.88. The van der Waals surface area contributed by atoms with Crippen LogP contribution < -0.4 is 5.32 Å². The molecule has 2 heterocycles. The van der Waals surface area contributed by atoms with Gasteiger partial charge in [0.15, 0.2) is 0 Å². The van der Waals surface area contributed by atoms with Gasteiger partial charge >= 0.3 is 6.09 Å². The first-order chi connectivity index (χ1) is 12.3. The maximum Gasteiger partial charge on any atom is 0.410 e. The first-order valence-electron chi connectivity index (χ1n) is 9.53. The van der Waals surface area contributed by atoms with Crippen LogP contribution in [-0.2, 0) is 4.74 Å². The van der Waals surface area contributed by atoms with E-state index in [1.165, 1.54) is 12.8 Å². The molecule has 0 aromatic carbocycles. The number of nitrogens with one attached hydrogen (secondary N) is 1. The van der Waals surface area contributed by atoms with Crippen molar-refractivity contribution >= 4 is 23.5 Å². The maximum atomic E-state index is 12.2. The van der Waals surface area contributed by atoms with E-state index >= 15 is 0 Å². The second-order valence-electron chi connectivity index (χ2n) is 8.45. The zero-order valence-corrected chi connectivity index (χ0v) is 16.6. The molecule has 0 bridgehead atoms. The van der Waals surface area contributed by atoms with Crippen LogP contribution in [0, 0.1) is 11.8 Å². The second-order valence-corrected chi connectivity index (χ2v) is 8.78. The number of hydrogen-bond acceptors (Lipinski definition) is 5. The molecule has 1 amide bonds. The van der Waals surface area contributed by atoms with Gasteiger partial charge in [-0.3, -0.25) is 0 Å². The van der Waals surface area contributed by atoms with Crippen molar-refractivity contribution in [3.63, 3.8) is 0 Å². The number of ether oxygens (including phenoxy) is 1. The SMILES string of the molecule is CC(C)(C)OC(=O)N1CCC(CC(Nc2ccnc(Cl)n2)C2CC2)CC1. The highest BCUT2D eigenvalue weighted by Gasteiger charge is 2.35. The molecule has 26 heavy (non-hydrogen) atoms. The van der Waals surface area contributed by atoms with Gasteiger partial charge in [-0.25, -0.2) is 14.8 Å². The molecule has 1 saturated heterocycles. The Kier molecular flexibility index (Phi) is 5.90. The van der Waals surface area contributed by atoms with Crippen molar-refractivity contribution in [2.24, 2.45) is 11.8 Å². The van der Waals surface area contributed by atoms with Gasteiger partial charge in [-0.15, -0.1) is 0 Å². The van der Waals surface area contributed by atoms with Crippen molar-refractivity contribution in [2.45, 2.75) is 64.5 Å². The van der Waals surface area contributed by atoms with E-state index in [0.29, 0.717) is 17.9 Å². The fourth-order valence-electron chi connectivity index (χ4n) is 3.51. The predicted molar refractivity (Wildman–Crippen MR) is 102 cm³/mol. The summed E-state index contributed by atoms with van der Waals surface area (Å²) >= 11 is 5.90. The van der Waals surface area contributed by atoms with Crippen molar-refractivity contribution in [1.82, 2.24) is 14.9 Å². The lowest BCUT2D eigenvalue weighted by Crippen LogP contribution is -2.42. The molecule has 1 N–H and O–H groups in total. The number of rotatable bonds is 5.